The zero-order valence-electron chi connectivity index (χ0n) is 17.1. The highest BCUT2D eigenvalue weighted by Crippen LogP contribution is 2.37. The summed E-state index contributed by atoms with van der Waals surface area (Å²) >= 11 is 0. The Morgan fingerprint density at radius 3 is 2.63 bits per heavy atom. The molecule has 6 nitrogen and oxygen atoms in total. The molecule has 9 heteroatoms. The summed E-state index contributed by atoms with van der Waals surface area (Å²) in [5.74, 6) is 0.280. The molecule has 0 fully saturated rings. The Labute approximate surface area is 172 Å². The van der Waals surface area contributed by atoms with E-state index in [0.717, 1.165) is 12.6 Å². The molecular weight excluding hydrogens is 395 g/mol. The maximum absolute atomic E-state index is 13.6. The number of halogens is 3. The molecule has 3 aromatic rings. The molecule has 158 valence electrons. The van der Waals surface area contributed by atoms with Gasteiger partial charge in [0.05, 0.1) is 35.3 Å². The van der Waals surface area contributed by atoms with Gasteiger partial charge in [-0.1, -0.05) is 0 Å². The van der Waals surface area contributed by atoms with E-state index in [1.54, 1.807) is 26.3 Å². The third kappa shape index (κ3) is 4.79. The Morgan fingerprint density at radius 1 is 1.23 bits per heavy atom. The van der Waals surface area contributed by atoms with E-state index in [4.69, 9.17) is 4.74 Å². The lowest BCUT2D eigenvalue weighted by molar-refractivity contribution is -0.137. The molecule has 0 bridgehead atoms. The zero-order valence-corrected chi connectivity index (χ0v) is 17.1. The molecule has 0 radical (unpaired) electrons. The van der Waals surface area contributed by atoms with E-state index < -0.39 is 11.7 Å². The normalized spacial score (nSPS) is 11.8. The smallest absolute Gasteiger partial charge is 0.418 e. The maximum Gasteiger partial charge on any atom is 0.418 e. The summed E-state index contributed by atoms with van der Waals surface area (Å²) in [5.41, 5.74) is 1.10. The minimum absolute atomic E-state index is 0.0297. The molecule has 0 spiro atoms. The summed E-state index contributed by atoms with van der Waals surface area (Å²) in [6, 6.07) is 5.58. The van der Waals surface area contributed by atoms with Crippen molar-refractivity contribution in [1.82, 2.24) is 19.4 Å². The summed E-state index contributed by atoms with van der Waals surface area (Å²) in [4.78, 5) is 14.5. The van der Waals surface area contributed by atoms with E-state index >= 15 is 0 Å². The van der Waals surface area contributed by atoms with Crippen LogP contribution in [0.2, 0.25) is 0 Å². The Hall–Kier alpha value is -3.36. The number of rotatable bonds is 6. The van der Waals surface area contributed by atoms with Gasteiger partial charge >= 0.3 is 6.18 Å². The largest absolute Gasteiger partial charge is 0.439 e. The number of aryl methyl sites for hydroxylation is 2. The van der Waals surface area contributed by atoms with Crippen molar-refractivity contribution in [3.05, 3.63) is 59.8 Å². The predicted molar refractivity (Wildman–Crippen MR) is 109 cm³/mol. The van der Waals surface area contributed by atoms with Crippen LogP contribution in [0.1, 0.15) is 23.7 Å². The van der Waals surface area contributed by atoms with E-state index in [1.165, 1.54) is 35.4 Å². The van der Waals surface area contributed by atoms with Gasteiger partial charge in [0.2, 0.25) is 5.88 Å². The summed E-state index contributed by atoms with van der Waals surface area (Å²) in [6.45, 7) is 6.36. The van der Waals surface area contributed by atoms with Crippen LogP contribution in [0.5, 0.6) is 11.6 Å². The van der Waals surface area contributed by atoms with E-state index in [0.29, 0.717) is 16.9 Å². The summed E-state index contributed by atoms with van der Waals surface area (Å²) in [6.07, 6.45) is 1.34. The monoisotopic (exact) mass is 417 g/mol. The van der Waals surface area contributed by atoms with Gasteiger partial charge in [-0.15, -0.1) is 0 Å². The number of nitrogens with zero attached hydrogens (tertiary/aromatic N) is 5. The van der Waals surface area contributed by atoms with Gasteiger partial charge < -0.3 is 14.2 Å². The molecule has 0 atom stereocenters. The van der Waals surface area contributed by atoms with Crippen molar-refractivity contribution in [1.29, 1.82) is 0 Å². The van der Waals surface area contributed by atoms with Gasteiger partial charge in [-0.2, -0.15) is 13.2 Å². The summed E-state index contributed by atoms with van der Waals surface area (Å²) in [5, 5.41) is 0. The quantitative estimate of drug-likeness (QED) is 0.403. The van der Waals surface area contributed by atoms with Gasteiger partial charge in [0.25, 0.3) is 0 Å². The first-order valence-corrected chi connectivity index (χ1v) is 9.29. The van der Waals surface area contributed by atoms with Crippen LogP contribution in [0.15, 0.2) is 48.0 Å². The first kappa shape index (κ1) is 21.4. The molecule has 0 aliphatic carbocycles. The standard InChI is InChI=1S/C21H22F3N5O/c1-5-28(4)13-26-18-10-14(2)20(27-15(18)3)30-16-6-7-19(29-9-8-25-12-29)17(11-16)21(22,23)24/h6-13H,5H2,1-4H3. The van der Waals surface area contributed by atoms with Crippen molar-refractivity contribution >= 4 is 12.0 Å². The Balaban J connectivity index is 1.93. The molecular formula is C21H22F3N5O. The molecule has 3 rings (SSSR count). The lowest BCUT2D eigenvalue weighted by Crippen LogP contribution is -2.14. The van der Waals surface area contributed by atoms with Crippen LogP contribution in [0.4, 0.5) is 18.9 Å². The molecule has 30 heavy (non-hydrogen) atoms. The molecule has 0 amide bonds. The fraction of sp³-hybridized carbons (Fsp3) is 0.286. The minimum atomic E-state index is -4.55. The van der Waals surface area contributed by atoms with Gasteiger partial charge in [-0.3, -0.25) is 0 Å². The average Bonchev–Trinajstić information content (AvgIpc) is 3.23. The van der Waals surface area contributed by atoms with E-state index in [1.807, 2.05) is 18.9 Å². The van der Waals surface area contributed by atoms with Crippen LogP contribution in [0.3, 0.4) is 0 Å². The molecule has 2 heterocycles. The molecule has 1 aromatic carbocycles. The summed E-state index contributed by atoms with van der Waals surface area (Å²) < 4.78 is 47.8. The number of benzene rings is 1. The number of imidazole rings is 1. The average molecular weight is 417 g/mol. The van der Waals surface area contributed by atoms with E-state index in [-0.39, 0.29) is 17.3 Å². The van der Waals surface area contributed by atoms with Crippen LogP contribution in [-0.4, -0.2) is 39.4 Å². The van der Waals surface area contributed by atoms with Crippen LogP contribution in [0.25, 0.3) is 5.69 Å². The van der Waals surface area contributed by atoms with Gasteiger partial charge in [0, 0.05) is 31.5 Å². The SMILES string of the molecule is CCN(C)C=Nc1cc(C)c(Oc2ccc(-n3ccnc3)c(C(F)(F)F)c2)nc1C. The Bertz CT molecular complexity index is 1050. The highest BCUT2D eigenvalue weighted by Gasteiger charge is 2.34. The van der Waals surface area contributed by atoms with Crippen LogP contribution < -0.4 is 4.74 Å². The molecule has 2 aromatic heterocycles. The van der Waals surface area contributed by atoms with Gasteiger partial charge in [-0.05, 0) is 45.0 Å². The van der Waals surface area contributed by atoms with E-state index in [2.05, 4.69) is 15.0 Å². The van der Waals surface area contributed by atoms with Crippen LogP contribution in [-0.2, 0) is 6.18 Å². The van der Waals surface area contributed by atoms with Crippen molar-refractivity contribution in [2.24, 2.45) is 4.99 Å². The highest BCUT2D eigenvalue weighted by molar-refractivity contribution is 5.63. The highest BCUT2D eigenvalue weighted by atomic mass is 19.4. The number of aliphatic imine (C=N–C) groups is 1. The molecule has 0 saturated heterocycles. The second-order valence-corrected chi connectivity index (χ2v) is 6.78. The molecule has 0 aliphatic rings. The van der Waals surface area contributed by atoms with Crippen molar-refractivity contribution in [2.75, 3.05) is 13.6 Å². The Morgan fingerprint density at radius 2 is 2.00 bits per heavy atom. The minimum Gasteiger partial charge on any atom is -0.439 e. The number of aromatic nitrogens is 3. The lowest BCUT2D eigenvalue weighted by atomic mass is 10.1. The fourth-order valence-corrected chi connectivity index (χ4v) is 2.69. The molecule has 0 saturated carbocycles. The topological polar surface area (TPSA) is 55.5 Å². The van der Waals surface area contributed by atoms with Gasteiger partial charge in [0.1, 0.15) is 5.75 Å². The van der Waals surface area contributed by atoms with Gasteiger partial charge in [0.15, 0.2) is 0 Å². The van der Waals surface area contributed by atoms with Crippen LogP contribution >= 0.6 is 0 Å². The van der Waals surface area contributed by atoms with Crippen LogP contribution in [0, 0.1) is 13.8 Å². The molecule has 0 N–H and O–H groups in total. The number of alkyl halides is 3. The van der Waals surface area contributed by atoms with E-state index in [9.17, 15) is 13.2 Å². The molecule has 0 unspecified atom stereocenters. The number of hydrogen-bond donors (Lipinski definition) is 0. The number of ether oxygens (including phenoxy) is 1. The number of pyridine rings is 1. The van der Waals surface area contributed by atoms with Gasteiger partial charge in [-0.25, -0.2) is 15.0 Å². The first-order chi connectivity index (χ1) is 14.2. The van der Waals surface area contributed by atoms with Crippen molar-refractivity contribution in [3.8, 4) is 17.3 Å². The van der Waals surface area contributed by atoms with Crippen molar-refractivity contribution in [2.45, 2.75) is 26.9 Å². The van der Waals surface area contributed by atoms with Crippen molar-refractivity contribution < 1.29 is 17.9 Å². The fourth-order valence-electron chi connectivity index (χ4n) is 2.69. The lowest BCUT2D eigenvalue weighted by Gasteiger charge is -2.16. The second kappa shape index (κ2) is 8.56. The third-order valence-electron chi connectivity index (χ3n) is 4.49. The molecule has 0 aliphatic heterocycles. The zero-order chi connectivity index (χ0) is 21.9. The maximum atomic E-state index is 13.6. The Kier molecular flexibility index (Phi) is 6.09. The number of hydrogen-bond acceptors (Lipinski definition) is 4. The van der Waals surface area contributed by atoms with Crippen molar-refractivity contribution in [3.63, 3.8) is 0 Å². The predicted octanol–water partition coefficient (Wildman–Crippen LogP) is 5.31. The first-order valence-electron chi connectivity index (χ1n) is 9.29. The third-order valence-corrected chi connectivity index (χ3v) is 4.49. The second-order valence-electron chi connectivity index (χ2n) is 6.78. The summed E-state index contributed by atoms with van der Waals surface area (Å²) in [7, 11) is 1.91.